The average Bonchev–Trinajstić information content (AvgIpc) is 2.16. The Morgan fingerprint density at radius 2 is 1.87 bits per heavy atom. The molecule has 0 aliphatic carbocycles. The minimum atomic E-state index is -0.721. The van der Waals surface area contributed by atoms with Gasteiger partial charge in [0.15, 0.2) is 0 Å². The molecule has 0 saturated heterocycles. The summed E-state index contributed by atoms with van der Waals surface area (Å²) in [5.74, 6) is -1.27. The minimum absolute atomic E-state index is 0.133. The first-order valence-electron chi connectivity index (χ1n) is 4.58. The summed E-state index contributed by atoms with van der Waals surface area (Å²) in [4.78, 5) is 0. The highest BCUT2D eigenvalue weighted by atomic mass is 19.1. The van der Waals surface area contributed by atoms with Crippen molar-refractivity contribution in [2.45, 2.75) is 12.5 Å². The molecule has 0 saturated carbocycles. The van der Waals surface area contributed by atoms with Gasteiger partial charge < -0.3 is 16.2 Å². The maximum atomic E-state index is 13.4. The maximum absolute atomic E-state index is 13.4. The molecule has 0 amide bonds. The average molecular weight is 216 g/mol. The topological polar surface area (TPSA) is 61.3 Å². The monoisotopic (exact) mass is 216 g/mol. The highest BCUT2D eigenvalue weighted by Crippen LogP contribution is 2.25. The first-order valence-corrected chi connectivity index (χ1v) is 4.58. The van der Waals surface area contributed by atoms with Crippen LogP contribution in [0.3, 0.4) is 0 Å². The van der Waals surface area contributed by atoms with Gasteiger partial charge in [0.2, 0.25) is 0 Å². The van der Waals surface area contributed by atoms with Gasteiger partial charge in [-0.05, 0) is 13.0 Å². The fourth-order valence-electron chi connectivity index (χ4n) is 1.36. The minimum Gasteiger partial charge on any atom is -0.497 e. The Morgan fingerprint density at radius 3 is 2.27 bits per heavy atom. The van der Waals surface area contributed by atoms with E-state index >= 15 is 0 Å². The molecule has 0 unspecified atom stereocenters. The Kier molecular flexibility index (Phi) is 3.99. The Labute approximate surface area is 87.0 Å². The third kappa shape index (κ3) is 2.64. The van der Waals surface area contributed by atoms with Gasteiger partial charge in [-0.15, -0.1) is 0 Å². The van der Waals surface area contributed by atoms with Gasteiger partial charge in [-0.25, -0.2) is 8.78 Å². The van der Waals surface area contributed by atoms with Crippen molar-refractivity contribution >= 4 is 0 Å². The van der Waals surface area contributed by atoms with Gasteiger partial charge in [-0.1, -0.05) is 0 Å². The molecule has 0 heterocycles. The lowest BCUT2D eigenvalue weighted by molar-refractivity contribution is 0.403. The van der Waals surface area contributed by atoms with Crippen LogP contribution in [0.5, 0.6) is 5.75 Å². The predicted molar refractivity (Wildman–Crippen MR) is 53.5 cm³/mol. The fourth-order valence-corrected chi connectivity index (χ4v) is 1.36. The second-order valence-corrected chi connectivity index (χ2v) is 3.19. The van der Waals surface area contributed by atoms with Crippen molar-refractivity contribution in [3.63, 3.8) is 0 Å². The molecule has 4 N–H and O–H groups in total. The van der Waals surface area contributed by atoms with Crippen LogP contribution in [0, 0.1) is 11.6 Å². The SMILES string of the molecule is COc1cc(F)c([C@@H](N)CCN)c(F)c1. The molecular weight excluding hydrogens is 202 g/mol. The predicted octanol–water partition coefficient (Wildman–Crippen LogP) is 1.32. The van der Waals surface area contributed by atoms with Crippen LogP contribution in [0.2, 0.25) is 0 Å². The van der Waals surface area contributed by atoms with Gasteiger partial charge in [-0.2, -0.15) is 0 Å². The Hall–Kier alpha value is -1.20. The first-order chi connectivity index (χ1) is 7.10. The van der Waals surface area contributed by atoms with E-state index in [0.717, 1.165) is 12.1 Å². The normalized spacial score (nSPS) is 12.6. The van der Waals surface area contributed by atoms with Crippen LogP contribution in [0.1, 0.15) is 18.0 Å². The second kappa shape index (κ2) is 5.04. The van der Waals surface area contributed by atoms with Crippen molar-refractivity contribution in [2.75, 3.05) is 13.7 Å². The van der Waals surface area contributed by atoms with Crippen molar-refractivity contribution < 1.29 is 13.5 Å². The zero-order valence-corrected chi connectivity index (χ0v) is 8.47. The number of nitrogens with two attached hydrogens (primary N) is 2. The molecule has 84 valence electrons. The summed E-state index contributed by atoms with van der Waals surface area (Å²) in [5.41, 5.74) is 10.7. The summed E-state index contributed by atoms with van der Waals surface area (Å²) >= 11 is 0. The van der Waals surface area contributed by atoms with Crippen molar-refractivity contribution in [3.8, 4) is 5.75 Å². The van der Waals surface area contributed by atoms with Gasteiger partial charge in [-0.3, -0.25) is 0 Å². The van der Waals surface area contributed by atoms with E-state index in [1.54, 1.807) is 0 Å². The van der Waals surface area contributed by atoms with Crippen LogP contribution in [0.25, 0.3) is 0 Å². The summed E-state index contributed by atoms with van der Waals surface area (Å²) in [6.07, 6.45) is 0.334. The molecule has 0 radical (unpaired) electrons. The lowest BCUT2D eigenvalue weighted by Gasteiger charge is -2.13. The smallest absolute Gasteiger partial charge is 0.134 e. The molecule has 1 rings (SSSR count). The number of benzene rings is 1. The van der Waals surface area contributed by atoms with Crippen LogP contribution in [-0.4, -0.2) is 13.7 Å². The van der Waals surface area contributed by atoms with E-state index in [1.165, 1.54) is 7.11 Å². The highest BCUT2D eigenvalue weighted by molar-refractivity contribution is 5.32. The molecule has 1 atom stereocenters. The highest BCUT2D eigenvalue weighted by Gasteiger charge is 2.17. The Balaban J connectivity index is 3.07. The summed E-state index contributed by atoms with van der Waals surface area (Å²) in [7, 11) is 1.34. The van der Waals surface area contributed by atoms with Crippen molar-refractivity contribution in [1.29, 1.82) is 0 Å². The van der Waals surface area contributed by atoms with Gasteiger partial charge in [0, 0.05) is 23.7 Å². The third-order valence-electron chi connectivity index (χ3n) is 2.14. The van der Waals surface area contributed by atoms with E-state index in [-0.39, 0.29) is 17.9 Å². The van der Waals surface area contributed by atoms with Gasteiger partial charge in [0.05, 0.1) is 7.11 Å². The molecule has 0 spiro atoms. The standard InChI is InChI=1S/C10H14F2N2O/c1-15-6-4-7(11)10(8(12)5-6)9(14)2-3-13/h4-5,9H,2-3,13-14H2,1H3/t9-/m0/s1. The lowest BCUT2D eigenvalue weighted by Crippen LogP contribution is -2.18. The van der Waals surface area contributed by atoms with E-state index in [2.05, 4.69) is 0 Å². The maximum Gasteiger partial charge on any atom is 0.134 e. The molecule has 0 aromatic heterocycles. The summed E-state index contributed by atoms with van der Waals surface area (Å²) in [5, 5.41) is 0. The molecular formula is C10H14F2N2O. The van der Waals surface area contributed by atoms with Gasteiger partial charge in [0.25, 0.3) is 0 Å². The van der Waals surface area contributed by atoms with Crippen molar-refractivity contribution in [3.05, 3.63) is 29.3 Å². The number of methoxy groups -OCH3 is 1. The molecule has 0 bridgehead atoms. The molecule has 0 fully saturated rings. The number of hydrogen-bond acceptors (Lipinski definition) is 3. The molecule has 15 heavy (non-hydrogen) atoms. The molecule has 0 aliphatic heterocycles. The van der Waals surface area contributed by atoms with Gasteiger partial charge >= 0.3 is 0 Å². The van der Waals surface area contributed by atoms with Crippen LogP contribution in [0.15, 0.2) is 12.1 Å². The second-order valence-electron chi connectivity index (χ2n) is 3.19. The summed E-state index contributed by atoms with van der Waals surface area (Å²) in [6.45, 7) is 0.284. The Bertz CT molecular complexity index is 321. The van der Waals surface area contributed by atoms with E-state index in [9.17, 15) is 8.78 Å². The number of hydrogen-bond donors (Lipinski definition) is 2. The van der Waals surface area contributed by atoms with Crippen LogP contribution >= 0.6 is 0 Å². The number of ether oxygens (including phenoxy) is 1. The quantitative estimate of drug-likeness (QED) is 0.798. The number of rotatable bonds is 4. The van der Waals surface area contributed by atoms with Crippen LogP contribution < -0.4 is 16.2 Å². The molecule has 1 aromatic carbocycles. The molecule has 0 aliphatic rings. The summed E-state index contributed by atoms with van der Waals surface area (Å²) in [6, 6.07) is 1.49. The largest absolute Gasteiger partial charge is 0.497 e. The summed E-state index contributed by atoms with van der Waals surface area (Å²) < 4.78 is 31.6. The first kappa shape index (κ1) is 11.9. The van der Waals surface area contributed by atoms with E-state index in [4.69, 9.17) is 16.2 Å². The van der Waals surface area contributed by atoms with E-state index < -0.39 is 17.7 Å². The lowest BCUT2D eigenvalue weighted by atomic mass is 10.0. The van der Waals surface area contributed by atoms with Crippen molar-refractivity contribution in [1.82, 2.24) is 0 Å². The Morgan fingerprint density at radius 1 is 1.33 bits per heavy atom. The van der Waals surface area contributed by atoms with Crippen molar-refractivity contribution in [2.24, 2.45) is 11.5 Å². The zero-order valence-electron chi connectivity index (χ0n) is 8.47. The number of halogens is 2. The molecule has 5 heteroatoms. The van der Waals surface area contributed by atoms with Crippen LogP contribution in [-0.2, 0) is 0 Å². The van der Waals surface area contributed by atoms with Gasteiger partial charge in [0.1, 0.15) is 17.4 Å². The van der Waals surface area contributed by atoms with Crippen LogP contribution in [0.4, 0.5) is 8.78 Å². The molecule has 1 aromatic rings. The fraction of sp³-hybridized carbons (Fsp3) is 0.400. The van der Waals surface area contributed by atoms with E-state index in [0.29, 0.717) is 6.42 Å². The molecule has 3 nitrogen and oxygen atoms in total. The third-order valence-corrected chi connectivity index (χ3v) is 2.14. The van der Waals surface area contributed by atoms with E-state index in [1.807, 2.05) is 0 Å². The zero-order chi connectivity index (χ0) is 11.4.